The van der Waals surface area contributed by atoms with E-state index in [0.29, 0.717) is 46.5 Å². The topological polar surface area (TPSA) is 88.0 Å². The van der Waals surface area contributed by atoms with Crippen molar-refractivity contribution in [3.63, 3.8) is 0 Å². The molecule has 0 fully saturated rings. The second kappa shape index (κ2) is 10.8. The number of hydrogen-bond donors (Lipinski definition) is 2. The third kappa shape index (κ3) is 6.43. The van der Waals surface area contributed by atoms with E-state index in [0.717, 1.165) is 29.0 Å². The Morgan fingerprint density at radius 3 is 2.53 bits per heavy atom. The predicted molar refractivity (Wildman–Crippen MR) is 127 cm³/mol. The number of amidine groups is 1. The number of carboxylic acids is 1. The van der Waals surface area contributed by atoms with Gasteiger partial charge in [0.15, 0.2) is 0 Å². The summed E-state index contributed by atoms with van der Waals surface area (Å²) < 4.78 is 19.7. The molecule has 1 aliphatic rings. The Bertz CT molecular complexity index is 1260. The average Bonchev–Trinajstić information content (AvgIpc) is 3.08. The van der Waals surface area contributed by atoms with Gasteiger partial charge < -0.3 is 9.84 Å². The molecule has 6 nitrogen and oxygen atoms in total. The second-order valence-corrected chi connectivity index (χ2v) is 9.02. The van der Waals surface area contributed by atoms with Gasteiger partial charge in [-0.3, -0.25) is 4.79 Å². The van der Waals surface area contributed by atoms with Gasteiger partial charge in [0.05, 0.1) is 7.11 Å². The van der Waals surface area contributed by atoms with Gasteiger partial charge in [0.1, 0.15) is 5.75 Å². The Hall–Kier alpha value is -2.65. The van der Waals surface area contributed by atoms with Crippen molar-refractivity contribution < 1.29 is 23.8 Å². The van der Waals surface area contributed by atoms with Gasteiger partial charge in [-0.25, -0.2) is 0 Å². The van der Waals surface area contributed by atoms with E-state index in [1.807, 2.05) is 42.5 Å². The molecular formula is C23H18FN2NaO4S. The molecule has 0 saturated heterocycles. The van der Waals surface area contributed by atoms with Crippen molar-refractivity contribution in [1.29, 1.82) is 0 Å². The minimum atomic E-state index is -0.833. The van der Waals surface area contributed by atoms with E-state index in [1.165, 1.54) is 17.8 Å². The van der Waals surface area contributed by atoms with E-state index in [9.17, 15) is 9.18 Å². The smallest absolute Gasteiger partial charge is 0.0147 e. The molecule has 0 radical (unpaired) electrons. The zero-order valence-electron chi connectivity index (χ0n) is 17.7. The molecule has 0 aliphatic carbocycles. The quantitative estimate of drug-likeness (QED) is 0.455. The molecular weight excluding hydrogens is 442 g/mol. The Kier molecular flexibility index (Phi) is 8.09. The molecule has 32 heavy (non-hydrogen) atoms. The fourth-order valence-electron chi connectivity index (χ4n) is 2.87. The second-order valence-electron chi connectivity index (χ2n) is 6.91. The number of halogens is 1. The van der Waals surface area contributed by atoms with Crippen LogP contribution in [-0.4, -0.2) is 57.2 Å². The van der Waals surface area contributed by atoms with Crippen LogP contribution in [-0.2, 0) is 9.59 Å². The molecule has 2 N–H and O–H groups in total. The molecule has 3 aromatic carbocycles. The summed E-state index contributed by atoms with van der Waals surface area (Å²) in [6.45, 7) is 1.08. The summed E-state index contributed by atoms with van der Waals surface area (Å²) in [6.07, 6.45) is 1.82. The molecule has 0 atom stereocenters. The number of fused-ring (bicyclic) bond motifs is 1. The molecule has 0 bridgehead atoms. The number of nitrogens with zero attached hydrogens (tertiary/aromatic N) is 1. The summed E-state index contributed by atoms with van der Waals surface area (Å²) in [7, 11) is 1.64. The third-order valence-electron chi connectivity index (χ3n) is 4.41. The summed E-state index contributed by atoms with van der Waals surface area (Å²) in [5.74, 6) is -0.573. The van der Waals surface area contributed by atoms with Crippen molar-refractivity contribution in [3.05, 3.63) is 70.9 Å². The molecule has 0 unspecified atom stereocenters. The summed E-state index contributed by atoms with van der Waals surface area (Å²) in [6, 6.07) is 16.8. The van der Waals surface area contributed by atoms with Crippen LogP contribution >= 0.6 is 11.8 Å². The number of benzene rings is 3. The van der Waals surface area contributed by atoms with Gasteiger partial charge >= 0.3 is 143 Å². The Balaban J connectivity index is 0.000000668. The van der Waals surface area contributed by atoms with E-state index < -0.39 is 5.97 Å². The number of thioether (sulfide) groups is 1. The molecule has 1 amide bonds. The predicted octanol–water partition coefficient (Wildman–Crippen LogP) is 3.95. The van der Waals surface area contributed by atoms with Crippen LogP contribution in [0.15, 0.2) is 64.5 Å². The molecule has 158 valence electrons. The van der Waals surface area contributed by atoms with E-state index in [1.54, 1.807) is 19.2 Å². The minimum Gasteiger partial charge on any atom is -0.0147 e. The van der Waals surface area contributed by atoms with Gasteiger partial charge in [-0.2, -0.15) is 0 Å². The van der Waals surface area contributed by atoms with Gasteiger partial charge in [-0.1, -0.05) is 6.07 Å². The van der Waals surface area contributed by atoms with Crippen LogP contribution in [0.5, 0.6) is 5.75 Å². The van der Waals surface area contributed by atoms with Gasteiger partial charge in [0.25, 0.3) is 5.97 Å². The van der Waals surface area contributed by atoms with Crippen molar-refractivity contribution in [2.75, 3.05) is 12.4 Å². The maximum atomic E-state index is 13.7. The maximum absolute atomic E-state index is 13.7. The first-order valence-electron chi connectivity index (χ1n) is 9.58. The normalized spacial score (nSPS) is 14.1. The van der Waals surface area contributed by atoms with E-state index >= 15 is 0 Å². The van der Waals surface area contributed by atoms with Crippen molar-refractivity contribution in [1.82, 2.24) is 0 Å². The van der Waals surface area contributed by atoms with Gasteiger partial charge in [-0.05, 0) is 17.5 Å². The standard InChI is InChI=1S/C21H14FN2O2S.C2H4O2.Na/c1-26-18-8-7-14-9-13(5-6-15(14)11-18)10-19-20(25)24-21(27-19)23-17-4-2-3-16(22)12-17;1-2(3)4;/h2,4-12H,1H3,(H,23,24,25);1H3,(H,3,4);/b19-10-;;. The van der Waals surface area contributed by atoms with Crippen LogP contribution in [0.25, 0.3) is 16.8 Å². The van der Waals surface area contributed by atoms with Crippen LogP contribution < -0.4 is 12.9 Å². The number of anilines is 1. The molecule has 3 aromatic rings. The van der Waals surface area contributed by atoms with Crippen molar-refractivity contribution in [2.24, 2.45) is 4.99 Å². The van der Waals surface area contributed by atoms with Gasteiger partial charge in [0.2, 0.25) is 0 Å². The third-order valence-corrected chi connectivity index (χ3v) is 6.12. The first kappa shape index (κ1) is 24.0. The molecule has 1 aliphatic heterocycles. The molecule has 0 spiro atoms. The molecule has 0 saturated carbocycles. The number of rotatable bonds is 3. The van der Waals surface area contributed by atoms with Crippen molar-refractivity contribution >= 4 is 82.1 Å². The molecule has 9 heteroatoms. The zero-order chi connectivity index (χ0) is 23.3. The summed E-state index contributed by atoms with van der Waals surface area (Å²) in [5.41, 5.74) is 1.49. The number of nitrogens with one attached hydrogen (secondary N) is 1. The first-order chi connectivity index (χ1) is 15.2. The summed E-state index contributed by atoms with van der Waals surface area (Å²) >= 11 is 1.90. The number of aliphatic imine (C=N–C) groups is 1. The number of carbonyl (C=O) groups excluding carboxylic acids is 1. The molecule has 4 rings (SSSR count). The number of amides is 1. The minimum absolute atomic E-state index is 0.241. The Morgan fingerprint density at radius 2 is 1.84 bits per heavy atom. The summed E-state index contributed by atoms with van der Waals surface area (Å²) in [5, 5.41) is 13.0. The summed E-state index contributed by atoms with van der Waals surface area (Å²) in [4.78, 5) is 25.8. The zero-order valence-corrected chi connectivity index (χ0v) is 20.5. The fourth-order valence-corrected chi connectivity index (χ4v) is 4.01. The number of carbonyl (C=O) groups is 2. The van der Waals surface area contributed by atoms with Crippen LogP contribution in [0.4, 0.5) is 10.1 Å². The van der Waals surface area contributed by atoms with Crippen molar-refractivity contribution in [3.8, 4) is 5.75 Å². The Morgan fingerprint density at radius 1 is 1.16 bits per heavy atom. The van der Waals surface area contributed by atoms with E-state index in [2.05, 4.69) is 10.3 Å². The number of methoxy groups -OCH3 is 1. The molecule has 0 aromatic heterocycles. The number of ether oxygens (including phenoxy) is 1. The average molecular weight is 460 g/mol. The van der Waals surface area contributed by atoms with Crippen LogP contribution in [0.3, 0.4) is 0 Å². The van der Waals surface area contributed by atoms with E-state index in [4.69, 9.17) is 14.6 Å². The van der Waals surface area contributed by atoms with Crippen molar-refractivity contribution in [2.45, 2.75) is 6.92 Å². The SMILES string of the molecule is CC(=O)O.COc1ccc2cc(/C=C3\SC(Nc4cc[c]([Na])c(F)c4)=NC3=O)ccc2c1. The number of aliphatic carboxylic acids is 1. The van der Waals surface area contributed by atoms with Crippen LogP contribution in [0.1, 0.15) is 12.5 Å². The monoisotopic (exact) mass is 460 g/mol. The first-order valence-corrected chi connectivity index (χ1v) is 11.4. The molecule has 1 heterocycles. The van der Waals surface area contributed by atoms with E-state index in [-0.39, 0.29) is 11.7 Å². The number of hydrogen-bond acceptors (Lipinski definition) is 5. The van der Waals surface area contributed by atoms with Gasteiger partial charge in [-0.15, -0.1) is 0 Å². The van der Waals surface area contributed by atoms with Crippen LogP contribution in [0.2, 0.25) is 0 Å². The number of carboxylic acid groups (broad SMARTS) is 1. The van der Waals surface area contributed by atoms with Gasteiger partial charge in [0, 0.05) is 6.92 Å². The van der Waals surface area contributed by atoms with Crippen LogP contribution in [0, 0.1) is 5.82 Å². The fraction of sp³-hybridized carbons (Fsp3) is 0.0870. The Labute approximate surface area is 206 Å².